The number of halogens is 1. The predicted octanol–water partition coefficient (Wildman–Crippen LogP) is 2.52. The van der Waals surface area contributed by atoms with Crippen molar-refractivity contribution in [3.63, 3.8) is 0 Å². The molecule has 1 rings (SSSR count). The van der Waals surface area contributed by atoms with Gasteiger partial charge < -0.3 is 10.0 Å². The zero-order valence-electron chi connectivity index (χ0n) is 11.6. The molecule has 0 aliphatic heterocycles. The first-order chi connectivity index (χ1) is 9.73. The Bertz CT molecular complexity index is 574. The molecule has 0 aromatic heterocycles. The highest BCUT2D eigenvalue weighted by molar-refractivity contribution is 14.1. The molecule has 1 N–H and O–H groups in total. The number of aliphatic carboxylic acids is 1. The normalized spacial score (nSPS) is 10.5. The number of nitro groups is 1. The quantitative estimate of drug-likeness (QED) is 0.445. The number of rotatable bonds is 6. The molecule has 8 heteroatoms. The first-order valence-corrected chi connectivity index (χ1v) is 7.28. The van der Waals surface area contributed by atoms with Gasteiger partial charge in [0, 0.05) is 28.3 Å². The fraction of sp³-hybridized carbons (Fsp3) is 0.385. The molecule has 0 radical (unpaired) electrons. The van der Waals surface area contributed by atoms with Crippen molar-refractivity contribution in [3.8, 4) is 0 Å². The van der Waals surface area contributed by atoms with Crippen molar-refractivity contribution in [2.24, 2.45) is 0 Å². The Balaban J connectivity index is 3.11. The minimum absolute atomic E-state index is 0.0601. The molecular weight excluding hydrogens is 391 g/mol. The van der Waals surface area contributed by atoms with Crippen LogP contribution >= 0.6 is 22.6 Å². The number of carboxylic acid groups (broad SMARTS) is 1. The van der Waals surface area contributed by atoms with Crippen LogP contribution in [-0.2, 0) is 4.79 Å². The molecule has 0 unspecified atom stereocenters. The van der Waals surface area contributed by atoms with Gasteiger partial charge in [0.1, 0.15) is 0 Å². The molecule has 0 aliphatic rings. The van der Waals surface area contributed by atoms with E-state index in [2.05, 4.69) is 0 Å². The lowest BCUT2D eigenvalue weighted by Crippen LogP contribution is -2.38. The summed E-state index contributed by atoms with van der Waals surface area (Å²) in [6.45, 7) is 3.60. The molecule has 0 saturated carbocycles. The maximum atomic E-state index is 12.5. The van der Waals surface area contributed by atoms with E-state index in [0.717, 1.165) is 0 Å². The Kier molecular flexibility index (Phi) is 6.06. The van der Waals surface area contributed by atoms with Gasteiger partial charge in [-0.1, -0.05) is 0 Å². The van der Waals surface area contributed by atoms with Gasteiger partial charge in [0.2, 0.25) is 0 Å². The number of carbonyl (C=O) groups excluding carboxylic acids is 1. The Morgan fingerprint density at radius 3 is 2.52 bits per heavy atom. The molecule has 1 aromatic rings. The van der Waals surface area contributed by atoms with Crippen LogP contribution in [0.15, 0.2) is 18.2 Å². The second-order valence-corrected chi connectivity index (χ2v) is 5.82. The summed E-state index contributed by atoms with van der Waals surface area (Å²) >= 11 is 1.93. The number of hydrogen-bond acceptors (Lipinski definition) is 4. The first-order valence-electron chi connectivity index (χ1n) is 6.20. The third-order valence-electron chi connectivity index (χ3n) is 2.84. The largest absolute Gasteiger partial charge is 0.481 e. The van der Waals surface area contributed by atoms with Gasteiger partial charge in [-0.05, 0) is 42.5 Å². The number of carboxylic acids is 1. The molecule has 1 amide bonds. The lowest BCUT2D eigenvalue weighted by Gasteiger charge is -2.26. The van der Waals surface area contributed by atoms with Crippen molar-refractivity contribution in [2.75, 3.05) is 6.54 Å². The van der Waals surface area contributed by atoms with Crippen molar-refractivity contribution in [1.29, 1.82) is 0 Å². The van der Waals surface area contributed by atoms with E-state index in [1.54, 1.807) is 13.8 Å². The monoisotopic (exact) mass is 406 g/mol. The molecule has 0 spiro atoms. The zero-order valence-corrected chi connectivity index (χ0v) is 13.7. The predicted molar refractivity (Wildman–Crippen MR) is 84.2 cm³/mol. The Hall–Kier alpha value is -1.71. The lowest BCUT2D eigenvalue weighted by atomic mass is 10.1. The van der Waals surface area contributed by atoms with Crippen LogP contribution in [0.1, 0.15) is 30.6 Å². The molecular formula is C13H15IN2O5. The third kappa shape index (κ3) is 4.66. The van der Waals surface area contributed by atoms with E-state index in [9.17, 15) is 19.7 Å². The fourth-order valence-corrected chi connectivity index (χ4v) is 2.32. The van der Waals surface area contributed by atoms with Gasteiger partial charge in [0.05, 0.1) is 16.9 Å². The number of nitrogens with zero attached hydrogens (tertiary/aromatic N) is 2. The highest BCUT2D eigenvalue weighted by Gasteiger charge is 2.23. The Morgan fingerprint density at radius 1 is 1.43 bits per heavy atom. The van der Waals surface area contributed by atoms with Crippen LogP contribution < -0.4 is 0 Å². The molecule has 0 heterocycles. The minimum atomic E-state index is -0.998. The van der Waals surface area contributed by atoms with Crippen LogP contribution in [0.3, 0.4) is 0 Å². The average molecular weight is 406 g/mol. The summed E-state index contributed by atoms with van der Waals surface area (Å²) in [6, 6.07) is 3.85. The van der Waals surface area contributed by atoms with Gasteiger partial charge in [-0.3, -0.25) is 19.7 Å². The summed E-state index contributed by atoms with van der Waals surface area (Å²) in [5, 5.41) is 19.5. The van der Waals surface area contributed by atoms with Crippen molar-refractivity contribution < 1.29 is 19.6 Å². The summed E-state index contributed by atoms with van der Waals surface area (Å²) in [4.78, 5) is 34.8. The lowest BCUT2D eigenvalue weighted by molar-refractivity contribution is -0.384. The molecule has 114 valence electrons. The molecule has 0 bridgehead atoms. The van der Waals surface area contributed by atoms with Crippen LogP contribution in [0.25, 0.3) is 0 Å². The van der Waals surface area contributed by atoms with Crippen LogP contribution in [-0.4, -0.2) is 39.4 Å². The smallest absolute Gasteiger partial charge is 0.305 e. The maximum absolute atomic E-state index is 12.5. The number of amides is 1. The molecule has 0 saturated heterocycles. The van der Waals surface area contributed by atoms with E-state index in [1.165, 1.54) is 23.1 Å². The van der Waals surface area contributed by atoms with E-state index >= 15 is 0 Å². The van der Waals surface area contributed by atoms with Gasteiger partial charge in [0.15, 0.2) is 0 Å². The van der Waals surface area contributed by atoms with Gasteiger partial charge in [-0.2, -0.15) is 0 Å². The highest BCUT2D eigenvalue weighted by Crippen LogP contribution is 2.22. The van der Waals surface area contributed by atoms with Gasteiger partial charge in [-0.15, -0.1) is 0 Å². The van der Waals surface area contributed by atoms with Crippen LogP contribution in [0, 0.1) is 13.7 Å². The van der Waals surface area contributed by atoms with Crippen LogP contribution in [0.2, 0.25) is 0 Å². The summed E-state index contributed by atoms with van der Waals surface area (Å²) in [5.41, 5.74) is 0.0459. The third-order valence-corrected chi connectivity index (χ3v) is 3.78. The van der Waals surface area contributed by atoms with Gasteiger partial charge in [-0.25, -0.2) is 0 Å². The zero-order chi connectivity index (χ0) is 16.2. The molecule has 0 aliphatic carbocycles. The maximum Gasteiger partial charge on any atom is 0.305 e. The fourth-order valence-electron chi connectivity index (χ4n) is 1.76. The number of hydrogen-bond donors (Lipinski definition) is 1. The molecule has 0 atom stereocenters. The van der Waals surface area contributed by atoms with Crippen molar-refractivity contribution in [2.45, 2.75) is 26.3 Å². The van der Waals surface area contributed by atoms with Crippen molar-refractivity contribution >= 4 is 40.2 Å². The van der Waals surface area contributed by atoms with E-state index in [-0.39, 0.29) is 30.3 Å². The van der Waals surface area contributed by atoms with Gasteiger partial charge >= 0.3 is 5.97 Å². The number of carbonyl (C=O) groups is 2. The summed E-state index contributed by atoms with van der Waals surface area (Å²) in [5.74, 6) is -1.40. The average Bonchev–Trinajstić information content (AvgIpc) is 2.38. The Labute approximate surface area is 135 Å². The second kappa shape index (κ2) is 7.34. The molecule has 1 aromatic carbocycles. The van der Waals surface area contributed by atoms with E-state index < -0.39 is 16.8 Å². The topological polar surface area (TPSA) is 101 Å². The Morgan fingerprint density at radius 2 is 2.05 bits per heavy atom. The number of non-ortho nitro benzene ring substituents is 1. The standard InChI is InChI=1S/C13H15IN2O5/c1-8(2)15(6-5-12(17)18)13(19)10-7-9(16(20)21)3-4-11(10)14/h3-4,7-8H,5-6H2,1-2H3,(H,17,18). The summed E-state index contributed by atoms with van der Waals surface area (Å²) < 4.78 is 0.587. The highest BCUT2D eigenvalue weighted by atomic mass is 127. The number of benzene rings is 1. The number of nitro benzene ring substituents is 1. The minimum Gasteiger partial charge on any atom is -0.481 e. The molecule has 7 nitrogen and oxygen atoms in total. The van der Waals surface area contributed by atoms with Gasteiger partial charge in [0.25, 0.3) is 11.6 Å². The second-order valence-electron chi connectivity index (χ2n) is 4.66. The van der Waals surface area contributed by atoms with Crippen molar-refractivity contribution in [1.82, 2.24) is 4.90 Å². The first kappa shape index (κ1) is 17.3. The molecule has 21 heavy (non-hydrogen) atoms. The van der Waals surface area contributed by atoms with Crippen LogP contribution in [0.5, 0.6) is 0 Å². The van der Waals surface area contributed by atoms with Crippen LogP contribution in [0.4, 0.5) is 5.69 Å². The SMILES string of the molecule is CC(C)N(CCC(=O)O)C(=O)c1cc([N+](=O)[O-])ccc1I. The van der Waals surface area contributed by atoms with E-state index in [1.807, 2.05) is 22.6 Å². The summed E-state index contributed by atoms with van der Waals surface area (Å²) in [6.07, 6.45) is -0.171. The van der Waals surface area contributed by atoms with E-state index in [4.69, 9.17) is 5.11 Å². The van der Waals surface area contributed by atoms with E-state index in [0.29, 0.717) is 3.57 Å². The summed E-state index contributed by atoms with van der Waals surface area (Å²) in [7, 11) is 0. The molecule has 0 fully saturated rings. The van der Waals surface area contributed by atoms with Crippen molar-refractivity contribution in [3.05, 3.63) is 37.4 Å².